The van der Waals surface area contributed by atoms with E-state index in [0.717, 1.165) is 18.0 Å². The Morgan fingerprint density at radius 1 is 1.00 bits per heavy atom. The fraction of sp³-hybridized carbons (Fsp3) is 1.00. The van der Waals surface area contributed by atoms with Crippen molar-refractivity contribution in [2.75, 3.05) is 19.6 Å². The average Bonchev–Trinajstić information content (AvgIpc) is 2.79. The predicted molar refractivity (Wildman–Crippen MR) is 83.5 cm³/mol. The minimum absolute atomic E-state index is 0.723. The van der Waals surface area contributed by atoms with E-state index in [1.807, 2.05) is 0 Å². The maximum absolute atomic E-state index is 3.82. The maximum Gasteiger partial charge on any atom is 0.00797 e. The second-order valence-corrected chi connectivity index (χ2v) is 7.00. The molecule has 0 aromatic heterocycles. The van der Waals surface area contributed by atoms with Crippen LogP contribution in [0.2, 0.25) is 0 Å². The van der Waals surface area contributed by atoms with Crippen molar-refractivity contribution >= 4 is 0 Å². The number of hydrogen-bond acceptors (Lipinski definition) is 2. The van der Waals surface area contributed by atoms with Crippen LogP contribution in [-0.4, -0.2) is 36.6 Å². The highest BCUT2D eigenvalue weighted by atomic mass is 15.1. The molecule has 2 nitrogen and oxygen atoms in total. The van der Waals surface area contributed by atoms with Crippen LogP contribution in [0.15, 0.2) is 0 Å². The first kappa shape index (κ1) is 15.3. The van der Waals surface area contributed by atoms with Crippen molar-refractivity contribution in [2.24, 2.45) is 5.92 Å². The third kappa shape index (κ3) is 5.43. The maximum atomic E-state index is 3.82. The summed E-state index contributed by atoms with van der Waals surface area (Å²) in [6.45, 7) is 8.50. The van der Waals surface area contributed by atoms with Gasteiger partial charge in [-0.05, 0) is 71.5 Å². The van der Waals surface area contributed by atoms with Crippen molar-refractivity contribution in [1.82, 2.24) is 10.2 Å². The molecule has 1 aliphatic carbocycles. The average molecular weight is 266 g/mol. The van der Waals surface area contributed by atoms with Crippen molar-refractivity contribution in [3.05, 3.63) is 0 Å². The van der Waals surface area contributed by atoms with E-state index in [2.05, 4.69) is 24.1 Å². The number of likely N-dealkylation sites (tertiary alicyclic amines) is 1. The van der Waals surface area contributed by atoms with Gasteiger partial charge in [0, 0.05) is 12.1 Å². The van der Waals surface area contributed by atoms with Crippen molar-refractivity contribution < 1.29 is 0 Å². The molecule has 1 saturated heterocycles. The van der Waals surface area contributed by atoms with Crippen LogP contribution in [0, 0.1) is 5.92 Å². The Morgan fingerprint density at radius 2 is 1.79 bits per heavy atom. The van der Waals surface area contributed by atoms with Gasteiger partial charge in [-0.3, -0.25) is 0 Å². The number of nitrogens with one attached hydrogen (secondary N) is 1. The molecule has 1 unspecified atom stereocenters. The smallest absolute Gasteiger partial charge is 0.00797 e. The van der Waals surface area contributed by atoms with Crippen LogP contribution in [0.5, 0.6) is 0 Å². The fourth-order valence-electron chi connectivity index (χ4n) is 3.84. The number of hydrogen-bond donors (Lipinski definition) is 1. The minimum Gasteiger partial charge on any atom is -0.314 e. The zero-order valence-electron chi connectivity index (χ0n) is 13.2. The van der Waals surface area contributed by atoms with Gasteiger partial charge in [-0.1, -0.05) is 25.7 Å². The third-order valence-electron chi connectivity index (χ3n) is 5.19. The molecule has 1 aliphatic heterocycles. The minimum atomic E-state index is 0.723. The molecule has 1 saturated carbocycles. The van der Waals surface area contributed by atoms with Gasteiger partial charge < -0.3 is 10.2 Å². The molecule has 2 aliphatic rings. The van der Waals surface area contributed by atoms with Crippen molar-refractivity contribution in [1.29, 1.82) is 0 Å². The molecule has 2 heteroatoms. The van der Waals surface area contributed by atoms with Crippen LogP contribution in [0.1, 0.15) is 71.6 Å². The molecule has 112 valence electrons. The Bertz CT molecular complexity index is 233. The summed E-state index contributed by atoms with van der Waals surface area (Å²) in [6, 6.07) is 1.51. The summed E-state index contributed by atoms with van der Waals surface area (Å²) in [5.74, 6) is 1.06. The van der Waals surface area contributed by atoms with Gasteiger partial charge >= 0.3 is 0 Å². The highest BCUT2D eigenvalue weighted by Crippen LogP contribution is 2.28. The molecular weight excluding hydrogens is 232 g/mol. The molecule has 1 N–H and O–H groups in total. The van der Waals surface area contributed by atoms with Crippen LogP contribution < -0.4 is 5.32 Å². The molecule has 0 aromatic carbocycles. The molecule has 0 aromatic rings. The van der Waals surface area contributed by atoms with Gasteiger partial charge in [0.05, 0.1) is 0 Å². The topological polar surface area (TPSA) is 15.3 Å². The normalized spacial score (nSPS) is 27.0. The van der Waals surface area contributed by atoms with Gasteiger partial charge in [0.1, 0.15) is 0 Å². The third-order valence-corrected chi connectivity index (χ3v) is 5.19. The largest absolute Gasteiger partial charge is 0.314 e. The lowest BCUT2D eigenvalue weighted by atomic mass is 10.0. The second-order valence-electron chi connectivity index (χ2n) is 7.00. The molecule has 0 bridgehead atoms. The van der Waals surface area contributed by atoms with Crippen LogP contribution in [0.3, 0.4) is 0 Å². The fourth-order valence-corrected chi connectivity index (χ4v) is 3.84. The van der Waals surface area contributed by atoms with E-state index in [1.54, 1.807) is 0 Å². The number of nitrogens with zero attached hydrogens (tertiary/aromatic N) is 1. The van der Waals surface area contributed by atoms with Gasteiger partial charge in [-0.2, -0.15) is 0 Å². The zero-order valence-corrected chi connectivity index (χ0v) is 13.2. The van der Waals surface area contributed by atoms with E-state index in [4.69, 9.17) is 0 Å². The Labute approximate surface area is 120 Å². The van der Waals surface area contributed by atoms with Gasteiger partial charge in [0.2, 0.25) is 0 Å². The first-order valence-electron chi connectivity index (χ1n) is 8.73. The number of rotatable bonds is 6. The van der Waals surface area contributed by atoms with Crippen LogP contribution in [0.25, 0.3) is 0 Å². The van der Waals surface area contributed by atoms with E-state index < -0.39 is 0 Å². The Morgan fingerprint density at radius 3 is 2.53 bits per heavy atom. The monoisotopic (exact) mass is 266 g/mol. The van der Waals surface area contributed by atoms with Crippen molar-refractivity contribution in [3.63, 3.8) is 0 Å². The molecule has 1 heterocycles. The highest BCUT2D eigenvalue weighted by Gasteiger charge is 2.18. The molecule has 1 atom stereocenters. The molecule has 0 spiro atoms. The predicted octanol–water partition coefficient (Wildman–Crippen LogP) is 3.81. The molecule has 0 amide bonds. The van der Waals surface area contributed by atoms with Crippen LogP contribution >= 0.6 is 0 Å². The molecule has 0 radical (unpaired) electrons. The SMILES string of the molecule is CC(C)N1CCCC(NCCCC2CCCC2)CC1. The summed E-state index contributed by atoms with van der Waals surface area (Å²) in [7, 11) is 0. The van der Waals surface area contributed by atoms with Crippen LogP contribution in [-0.2, 0) is 0 Å². The van der Waals surface area contributed by atoms with Crippen molar-refractivity contribution in [3.8, 4) is 0 Å². The Hall–Kier alpha value is -0.0800. The van der Waals surface area contributed by atoms with Crippen molar-refractivity contribution in [2.45, 2.75) is 83.7 Å². The lowest BCUT2D eigenvalue weighted by molar-refractivity contribution is 0.229. The summed E-state index contributed by atoms with van der Waals surface area (Å²) in [5.41, 5.74) is 0. The summed E-state index contributed by atoms with van der Waals surface area (Å²) in [5, 5.41) is 3.82. The molecular formula is C17H34N2. The summed E-state index contributed by atoms with van der Waals surface area (Å²) in [6.07, 6.45) is 13.0. The first-order valence-corrected chi connectivity index (χ1v) is 8.73. The first-order chi connectivity index (χ1) is 9.25. The molecule has 19 heavy (non-hydrogen) atoms. The molecule has 2 fully saturated rings. The highest BCUT2D eigenvalue weighted by molar-refractivity contribution is 4.76. The summed E-state index contributed by atoms with van der Waals surface area (Å²) in [4.78, 5) is 2.64. The van der Waals surface area contributed by atoms with Gasteiger partial charge in [-0.25, -0.2) is 0 Å². The lowest BCUT2D eigenvalue weighted by Crippen LogP contribution is -2.34. The zero-order chi connectivity index (χ0) is 13.5. The van der Waals surface area contributed by atoms with E-state index in [0.29, 0.717) is 0 Å². The van der Waals surface area contributed by atoms with E-state index >= 15 is 0 Å². The molecule has 2 rings (SSSR count). The van der Waals surface area contributed by atoms with E-state index in [-0.39, 0.29) is 0 Å². The standard InChI is InChI=1S/C17H34N2/c1-15(2)19-13-6-10-17(11-14-19)18-12-5-9-16-7-3-4-8-16/h15-18H,3-14H2,1-2H3. The Kier molecular flexibility index (Phi) is 6.66. The van der Waals surface area contributed by atoms with Gasteiger partial charge in [-0.15, -0.1) is 0 Å². The van der Waals surface area contributed by atoms with Gasteiger partial charge in [0.25, 0.3) is 0 Å². The lowest BCUT2D eigenvalue weighted by Gasteiger charge is -2.24. The summed E-state index contributed by atoms with van der Waals surface area (Å²) < 4.78 is 0. The van der Waals surface area contributed by atoms with Crippen LogP contribution in [0.4, 0.5) is 0 Å². The van der Waals surface area contributed by atoms with E-state index in [9.17, 15) is 0 Å². The summed E-state index contributed by atoms with van der Waals surface area (Å²) >= 11 is 0. The quantitative estimate of drug-likeness (QED) is 0.736. The second kappa shape index (κ2) is 8.26. The Balaban J connectivity index is 1.55. The van der Waals surface area contributed by atoms with E-state index in [1.165, 1.54) is 77.4 Å². The van der Waals surface area contributed by atoms with Gasteiger partial charge in [0.15, 0.2) is 0 Å².